The summed E-state index contributed by atoms with van der Waals surface area (Å²) in [7, 11) is 0. The van der Waals surface area contributed by atoms with Gasteiger partial charge in [0.25, 0.3) is 5.91 Å². The molecule has 1 aromatic heterocycles. The minimum Gasteiger partial charge on any atom is -0.456 e. The third-order valence-corrected chi connectivity index (χ3v) is 4.46. The van der Waals surface area contributed by atoms with Crippen LogP contribution in [0.1, 0.15) is 42.0 Å². The van der Waals surface area contributed by atoms with Crippen LogP contribution in [0, 0.1) is 6.92 Å². The molecule has 0 spiro atoms. The Morgan fingerprint density at radius 2 is 1.95 bits per heavy atom. The molecule has 2 saturated heterocycles. The van der Waals surface area contributed by atoms with Crippen molar-refractivity contribution < 1.29 is 9.21 Å². The molecule has 2 aliphatic rings. The normalized spacial score (nSPS) is 23.5. The first-order chi connectivity index (χ1) is 10.1. The van der Waals surface area contributed by atoms with Gasteiger partial charge in [0.2, 0.25) is 0 Å². The zero-order valence-electron chi connectivity index (χ0n) is 12.5. The molecule has 0 N–H and O–H groups in total. The number of likely N-dealkylation sites (tertiary alicyclic amines) is 2. The summed E-state index contributed by atoms with van der Waals surface area (Å²) >= 11 is 0. The van der Waals surface area contributed by atoms with E-state index >= 15 is 0 Å². The van der Waals surface area contributed by atoms with Crippen LogP contribution in [0.15, 0.2) is 21.3 Å². The van der Waals surface area contributed by atoms with Crippen LogP contribution in [0.2, 0.25) is 0 Å². The summed E-state index contributed by atoms with van der Waals surface area (Å²) in [4.78, 5) is 28.3. The van der Waals surface area contributed by atoms with Gasteiger partial charge in [-0.25, -0.2) is 0 Å². The molecule has 114 valence electrons. The van der Waals surface area contributed by atoms with Gasteiger partial charge in [-0.15, -0.1) is 0 Å². The molecule has 1 aromatic rings. The number of aryl methyl sites for hydroxylation is 1. The van der Waals surface area contributed by atoms with Crippen molar-refractivity contribution in [3.8, 4) is 0 Å². The lowest BCUT2D eigenvalue weighted by Gasteiger charge is -2.32. The molecule has 0 radical (unpaired) electrons. The highest BCUT2D eigenvalue weighted by molar-refractivity contribution is 5.91. The second-order valence-electron chi connectivity index (χ2n) is 6.06. The number of rotatable bonds is 2. The Hall–Kier alpha value is -1.62. The van der Waals surface area contributed by atoms with E-state index < -0.39 is 0 Å². The van der Waals surface area contributed by atoms with Crippen molar-refractivity contribution in [2.75, 3.05) is 26.2 Å². The van der Waals surface area contributed by atoms with E-state index in [-0.39, 0.29) is 17.1 Å². The summed E-state index contributed by atoms with van der Waals surface area (Å²) < 4.78 is 5.41. The molecule has 0 bridgehead atoms. The summed E-state index contributed by atoms with van der Waals surface area (Å²) in [6, 6.07) is 3.16. The molecule has 3 rings (SSSR count). The molecule has 0 saturated carbocycles. The fourth-order valence-electron chi connectivity index (χ4n) is 3.37. The van der Waals surface area contributed by atoms with Gasteiger partial charge in [-0.3, -0.25) is 14.5 Å². The van der Waals surface area contributed by atoms with E-state index in [2.05, 4.69) is 4.90 Å². The van der Waals surface area contributed by atoms with E-state index in [4.69, 9.17) is 4.42 Å². The van der Waals surface area contributed by atoms with Crippen molar-refractivity contribution in [1.82, 2.24) is 9.80 Å². The van der Waals surface area contributed by atoms with Gasteiger partial charge in [-0.05, 0) is 39.3 Å². The summed E-state index contributed by atoms with van der Waals surface area (Å²) in [5.41, 5.74) is -0.172. The van der Waals surface area contributed by atoms with Crippen molar-refractivity contribution >= 4 is 5.91 Å². The Kier molecular flexibility index (Phi) is 4.10. The van der Waals surface area contributed by atoms with Crippen molar-refractivity contribution in [2.45, 2.75) is 38.6 Å². The number of amides is 1. The molecular weight excluding hydrogens is 268 g/mol. The Balaban J connectivity index is 1.67. The maximum atomic E-state index is 12.5. The predicted molar refractivity (Wildman–Crippen MR) is 79.4 cm³/mol. The number of nitrogens with zero attached hydrogens (tertiary/aromatic N) is 2. The molecule has 1 amide bonds. The predicted octanol–water partition coefficient (Wildman–Crippen LogP) is 1.65. The van der Waals surface area contributed by atoms with Crippen molar-refractivity contribution in [1.29, 1.82) is 0 Å². The first-order valence-electron chi connectivity index (χ1n) is 7.78. The Morgan fingerprint density at radius 1 is 1.19 bits per heavy atom. The first kappa shape index (κ1) is 14.3. The van der Waals surface area contributed by atoms with Gasteiger partial charge in [0.05, 0.1) is 0 Å². The van der Waals surface area contributed by atoms with E-state index in [0.29, 0.717) is 11.8 Å². The molecule has 0 aromatic carbocycles. The lowest BCUT2D eigenvalue weighted by Crippen LogP contribution is -2.41. The maximum Gasteiger partial charge on any atom is 0.289 e. The average Bonchev–Trinajstić information content (AvgIpc) is 2.96. The van der Waals surface area contributed by atoms with Crippen LogP contribution in [0.25, 0.3) is 0 Å². The van der Waals surface area contributed by atoms with Crippen molar-refractivity contribution in [2.24, 2.45) is 0 Å². The molecule has 5 heteroatoms. The third kappa shape index (κ3) is 3.18. The fraction of sp³-hybridized carbons (Fsp3) is 0.625. The number of piperidine rings is 1. The average molecular weight is 290 g/mol. The summed E-state index contributed by atoms with van der Waals surface area (Å²) in [6.45, 7) is 5.48. The van der Waals surface area contributed by atoms with Gasteiger partial charge in [-0.1, -0.05) is 6.42 Å². The number of hydrogen-bond donors (Lipinski definition) is 0. The van der Waals surface area contributed by atoms with Crippen molar-refractivity contribution in [3.05, 3.63) is 33.9 Å². The molecule has 1 atom stereocenters. The fourth-order valence-corrected chi connectivity index (χ4v) is 3.37. The molecule has 2 fully saturated rings. The third-order valence-electron chi connectivity index (χ3n) is 4.46. The smallest absolute Gasteiger partial charge is 0.289 e. The lowest BCUT2D eigenvalue weighted by molar-refractivity contribution is 0.0736. The SMILES string of the molecule is Cc1cc(=O)cc(C(=O)N2CC[C@H](N3CCCCC3)C2)o1. The van der Waals surface area contributed by atoms with Gasteiger partial charge in [0.15, 0.2) is 11.2 Å². The monoisotopic (exact) mass is 290 g/mol. The largest absolute Gasteiger partial charge is 0.456 e. The molecule has 0 unspecified atom stereocenters. The zero-order chi connectivity index (χ0) is 14.8. The first-order valence-corrected chi connectivity index (χ1v) is 7.78. The molecular formula is C16H22N2O3. The minimum atomic E-state index is -0.172. The second kappa shape index (κ2) is 6.02. The van der Waals surface area contributed by atoms with Gasteiger partial charge in [0.1, 0.15) is 5.76 Å². The zero-order valence-corrected chi connectivity index (χ0v) is 12.5. The Morgan fingerprint density at radius 3 is 2.67 bits per heavy atom. The highest BCUT2D eigenvalue weighted by atomic mass is 16.3. The highest BCUT2D eigenvalue weighted by Crippen LogP contribution is 2.21. The van der Waals surface area contributed by atoms with Crippen LogP contribution in [0.3, 0.4) is 0 Å². The number of carbonyl (C=O) groups excluding carboxylic acids is 1. The van der Waals surface area contributed by atoms with Gasteiger partial charge < -0.3 is 9.32 Å². The molecule has 5 nitrogen and oxygen atoms in total. The standard InChI is InChI=1S/C16H22N2O3/c1-12-9-14(19)10-15(21-12)16(20)18-8-5-13(11-18)17-6-3-2-4-7-17/h9-10,13H,2-8,11H2,1H3/t13-/m0/s1. The van der Waals surface area contributed by atoms with Crippen LogP contribution in [-0.4, -0.2) is 47.9 Å². The minimum absolute atomic E-state index is 0.157. The molecule has 21 heavy (non-hydrogen) atoms. The maximum absolute atomic E-state index is 12.5. The van der Waals surface area contributed by atoms with Crippen LogP contribution in [-0.2, 0) is 0 Å². The van der Waals surface area contributed by atoms with E-state index in [1.165, 1.54) is 31.4 Å². The summed E-state index contributed by atoms with van der Waals surface area (Å²) in [5.74, 6) is 0.493. The Bertz CT molecular complexity index is 575. The van der Waals surface area contributed by atoms with Crippen LogP contribution in [0.4, 0.5) is 0 Å². The summed E-state index contributed by atoms with van der Waals surface area (Å²) in [5, 5.41) is 0. The van der Waals surface area contributed by atoms with Gasteiger partial charge in [0, 0.05) is 31.3 Å². The highest BCUT2D eigenvalue weighted by Gasteiger charge is 2.32. The van der Waals surface area contributed by atoms with E-state index in [1.54, 1.807) is 6.92 Å². The summed E-state index contributed by atoms with van der Waals surface area (Å²) in [6.07, 6.45) is 4.86. The van der Waals surface area contributed by atoms with E-state index in [1.807, 2.05) is 4.90 Å². The number of carbonyl (C=O) groups is 1. The van der Waals surface area contributed by atoms with Crippen LogP contribution in [0.5, 0.6) is 0 Å². The Labute approximate surface area is 124 Å². The topological polar surface area (TPSA) is 53.8 Å². The molecule has 3 heterocycles. The van der Waals surface area contributed by atoms with E-state index in [0.717, 1.165) is 32.6 Å². The van der Waals surface area contributed by atoms with E-state index in [9.17, 15) is 9.59 Å². The van der Waals surface area contributed by atoms with Gasteiger partial charge >= 0.3 is 0 Å². The lowest BCUT2D eigenvalue weighted by atomic mass is 10.1. The molecule has 2 aliphatic heterocycles. The van der Waals surface area contributed by atoms with Gasteiger partial charge in [-0.2, -0.15) is 0 Å². The number of hydrogen-bond acceptors (Lipinski definition) is 4. The van der Waals surface area contributed by atoms with Crippen molar-refractivity contribution in [3.63, 3.8) is 0 Å². The second-order valence-corrected chi connectivity index (χ2v) is 6.06. The quantitative estimate of drug-likeness (QED) is 0.831. The van der Waals surface area contributed by atoms with Crippen LogP contribution < -0.4 is 5.43 Å². The molecule has 0 aliphatic carbocycles. The van der Waals surface area contributed by atoms with Crippen LogP contribution >= 0.6 is 0 Å².